The van der Waals surface area contributed by atoms with E-state index in [1.54, 1.807) is 12.3 Å². The van der Waals surface area contributed by atoms with Gasteiger partial charge in [0.05, 0.1) is 22.1 Å². The zero-order valence-electron chi connectivity index (χ0n) is 11.2. The van der Waals surface area contributed by atoms with E-state index in [9.17, 15) is 14.9 Å². The van der Waals surface area contributed by atoms with Gasteiger partial charge in [-0.1, -0.05) is 6.07 Å². The van der Waals surface area contributed by atoms with Gasteiger partial charge in [-0.25, -0.2) is 4.98 Å². The van der Waals surface area contributed by atoms with E-state index in [4.69, 9.17) is 0 Å². The van der Waals surface area contributed by atoms with E-state index >= 15 is 0 Å². The Labute approximate surface area is 128 Å². The van der Waals surface area contributed by atoms with Gasteiger partial charge in [-0.05, 0) is 28.9 Å². The molecule has 2 aromatic heterocycles. The van der Waals surface area contributed by atoms with Crippen LogP contribution < -0.4 is 10.9 Å². The lowest BCUT2D eigenvalue weighted by Gasteiger charge is -2.11. The fourth-order valence-electron chi connectivity index (χ4n) is 1.88. The molecule has 0 bridgehead atoms. The van der Waals surface area contributed by atoms with Gasteiger partial charge in [-0.2, -0.15) is 0 Å². The lowest BCUT2D eigenvalue weighted by Crippen LogP contribution is -2.22. The second-order valence-corrected chi connectivity index (χ2v) is 5.13. The molecule has 0 aromatic carbocycles. The van der Waals surface area contributed by atoms with Crippen molar-refractivity contribution in [1.82, 2.24) is 9.55 Å². The Bertz CT molecular complexity index is 730. The third kappa shape index (κ3) is 3.46. The Balaban J connectivity index is 2.44. The molecule has 8 heteroatoms. The van der Waals surface area contributed by atoms with Gasteiger partial charge in [0, 0.05) is 24.4 Å². The summed E-state index contributed by atoms with van der Waals surface area (Å²) in [7, 11) is 0. The number of hydrogen-bond donors (Lipinski definition) is 1. The summed E-state index contributed by atoms with van der Waals surface area (Å²) in [6.45, 7) is 2.83. The van der Waals surface area contributed by atoms with Crippen LogP contribution in [-0.4, -0.2) is 21.0 Å². The molecule has 0 atom stereocenters. The van der Waals surface area contributed by atoms with Crippen LogP contribution in [0.1, 0.15) is 12.5 Å². The highest BCUT2D eigenvalue weighted by Gasteiger charge is 2.13. The lowest BCUT2D eigenvalue weighted by molar-refractivity contribution is -0.385. The summed E-state index contributed by atoms with van der Waals surface area (Å²) in [4.78, 5) is 26.6. The number of nitrogens with zero attached hydrogens (tertiary/aromatic N) is 3. The Morgan fingerprint density at radius 1 is 1.52 bits per heavy atom. The van der Waals surface area contributed by atoms with Gasteiger partial charge < -0.3 is 9.88 Å². The maximum Gasteiger partial charge on any atom is 0.286 e. The van der Waals surface area contributed by atoms with Gasteiger partial charge in [-0.15, -0.1) is 0 Å². The fourth-order valence-corrected chi connectivity index (χ4v) is 2.34. The standard InChI is InChI=1S/C13H13BrN4O3/c1-2-15-12-9(4-3-5-16-12)7-17-8-10(18(20)21)6-11(14)13(17)19/h3-6,8H,2,7H2,1H3,(H,15,16). The van der Waals surface area contributed by atoms with Crippen LogP contribution in [0.5, 0.6) is 0 Å². The molecule has 0 unspecified atom stereocenters. The van der Waals surface area contributed by atoms with Crippen molar-refractivity contribution in [1.29, 1.82) is 0 Å². The third-order valence-electron chi connectivity index (χ3n) is 2.81. The molecule has 0 saturated carbocycles. The number of anilines is 1. The van der Waals surface area contributed by atoms with Crippen molar-refractivity contribution in [3.8, 4) is 0 Å². The molecular formula is C13H13BrN4O3. The predicted molar refractivity (Wildman–Crippen MR) is 82.6 cm³/mol. The van der Waals surface area contributed by atoms with Gasteiger partial charge in [0.1, 0.15) is 5.82 Å². The van der Waals surface area contributed by atoms with Crippen LogP contribution in [0, 0.1) is 10.1 Å². The summed E-state index contributed by atoms with van der Waals surface area (Å²) < 4.78 is 1.45. The van der Waals surface area contributed by atoms with Gasteiger partial charge in [0.25, 0.3) is 11.2 Å². The van der Waals surface area contributed by atoms with E-state index in [0.29, 0.717) is 12.4 Å². The van der Waals surface area contributed by atoms with Crippen LogP contribution in [0.25, 0.3) is 0 Å². The summed E-state index contributed by atoms with van der Waals surface area (Å²) in [6.07, 6.45) is 2.88. The van der Waals surface area contributed by atoms with E-state index in [1.165, 1.54) is 16.8 Å². The SMILES string of the molecule is CCNc1ncccc1Cn1cc([N+](=O)[O-])cc(Br)c1=O. The molecule has 0 saturated heterocycles. The number of pyridine rings is 2. The third-order valence-corrected chi connectivity index (χ3v) is 3.38. The Morgan fingerprint density at radius 2 is 2.29 bits per heavy atom. The second kappa shape index (κ2) is 6.49. The highest BCUT2D eigenvalue weighted by molar-refractivity contribution is 9.10. The maximum absolute atomic E-state index is 12.1. The molecule has 2 aromatic rings. The number of nitro groups is 1. The molecular weight excluding hydrogens is 340 g/mol. The van der Waals surface area contributed by atoms with E-state index < -0.39 is 4.92 Å². The minimum Gasteiger partial charge on any atom is -0.370 e. The van der Waals surface area contributed by atoms with E-state index in [0.717, 1.165) is 5.56 Å². The predicted octanol–water partition coefficient (Wildman–Crippen LogP) is 2.39. The van der Waals surface area contributed by atoms with E-state index in [2.05, 4.69) is 26.2 Å². The summed E-state index contributed by atoms with van der Waals surface area (Å²) in [6, 6.07) is 4.78. The zero-order chi connectivity index (χ0) is 15.4. The Kier molecular flexibility index (Phi) is 4.69. The number of rotatable bonds is 5. The summed E-state index contributed by atoms with van der Waals surface area (Å²) >= 11 is 3.06. The maximum atomic E-state index is 12.1. The number of halogens is 1. The smallest absolute Gasteiger partial charge is 0.286 e. The average Bonchev–Trinajstić information content (AvgIpc) is 2.45. The van der Waals surface area contributed by atoms with Crippen LogP contribution in [-0.2, 0) is 6.54 Å². The van der Waals surface area contributed by atoms with Gasteiger partial charge >= 0.3 is 0 Å². The summed E-state index contributed by atoms with van der Waals surface area (Å²) in [5.74, 6) is 0.662. The first-order chi connectivity index (χ1) is 10.0. The molecule has 0 aliphatic carbocycles. The molecule has 0 spiro atoms. The molecule has 21 heavy (non-hydrogen) atoms. The molecule has 110 valence electrons. The van der Waals surface area contributed by atoms with Crippen LogP contribution in [0.3, 0.4) is 0 Å². The first-order valence-electron chi connectivity index (χ1n) is 6.25. The molecule has 7 nitrogen and oxygen atoms in total. The minimum atomic E-state index is -0.533. The Morgan fingerprint density at radius 3 is 2.95 bits per heavy atom. The summed E-state index contributed by atoms with van der Waals surface area (Å²) in [5, 5.41) is 14.0. The van der Waals surface area contributed by atoms with Crippen molar-refractivity contribution in [2.75, 3.05) is 11.9 Å². The fraction of sp³-hybridized carbons (Fsp3) is 0.231. The Hall–Kier alpha value is -2.22. The average molecular weight is 353 g/mol. The second-order valence-electron chi connectivity index (χ2n) is 4.28. The van der Waals surface area contributed by atoms with Crippen LogP contribution in [0.4, 0.5) is 11.5 Å². The number of nitrogens with one attached hydrogen (secondary N) is 1. The highest BCUT2D eigenvalue weighted by atomic mass is 79.9. The molecule has 2 rings (SSSR count). The lowest BCUT2D eigenvalue weighted by atomic mass is 10.2. The molecule has 2 heterocycles. The van der Waals surface area contributed by atoms with Crippen molar-refractivity contribution in [2.45, 2.75) is 13.5 Å². The number of hydrogen-bond acceptors (Lipinski definition) is 5. The molecule has 0 amide bonds. The number of aromatic nitrogens is 2. The van der Waals surface area contributed by atoms with Crippen molar-refractivity contribution < 1.29 is 4.92 Å². The van der Waals surface area contributed by atoms with E-state index in [1.807, 2.05) is 13.0 Å². The van der Waals surface area contributed by atoms with Gasteiger partial charge in [-0.3, -0.25) is 14.9 Å². The zero-order valence-corrected chi connectivity index (χ0v) is 12.8. The van der Waals surface area contributed by atoms with Gasteiger partial charge in [0.15, 0.2) is 0 Å². The van der Waals surface area contributed by atoms with Crippen LogP contribution in [0.15, 0.2) is 39.9 Å². The molecule has 0 fully saturated rings. The van der Waals surface area contributed by atoms with Crippen LogP contribution >= 0.6 is 15.9 Å². The van der Waals surface area contributed by atoms with Crippen molar-refractivity contribution >= 4 is 27.4 Å². The molecule has 0 aliphatic rings. The van der Waals surface area contributed by atoms with Gasteiger partial charge in [0.2, 0.25) is 0 Å². The monoisotopic (exact) mass is 352 g/mol. The normalized spacial score (nSPS) is 10.4. The highest BCUT2D eigenvalue weighted by Crippen LogP contribution is 2.17. The minimum absolute atomic E-state index is 0.143. The largest absolute Gasteiger partial charge is 0.370 e. The quantitative estimate of drug-likeness (QED) is 0.659. The first-order valence-corrected chi connectivity index (χ1v) is 7.04. The first kappa shape index (κ1) is 15.2. The molecule has 1 N–H and O–H groups in total. The molecule has 0 aliphatic heterocycles. The van der Waals surface area contributed by atoms with E-state index in [-0.39, 0.29) is 22.3 Å². The molecule has 0 radical (unpaired) electrons. The van der Waals surface area contributed by atoms with Crippen molar-refractivity contribution in [2.24, 2.45) is 0 Å². The summed E-state index contributed by atoms with van der Waals surface area (Å²) in [5.41, 5.74) is 0.316. The van der Waals surface area contributed by atoms with Crippen molar-refractivity contribution in [3.63, 3.8) is 0 Å². The van der Waals surface area contributed by atoms with Crippen LogP contribution in [0.2, 0.25) is 0 Å². The topological polar surface area (TPSA) is 90.1 Å². The van der Waals surface area contributed by atoms with Crippen molar-refractivity contribution in [3.05, 3.63) is 61.1 Å².